The van der Waals surface area contributed by atoms with Crippen molar-refractivity contribution >= 4 is 22.6 Å². The summed E-state index contributed by atoms with van der Waals surface area (Å²) in [7, 11) is 1.63. The van der Waals surface area contributed by atoms with E-state index in [0.717, 1.165) is 46.0 Å². The van der Waals surface area contributed by atoms with Crippen molar-refractivity contribution in [2.75, 3.05) is 25.2 Å². The molecule has 1 saturated heterocycles. The van der Waals surface area contributed by atoms with Gasteiger partial charge >= 0.3 is 0 Å². The van der Waals surface area contributed by atoms with Crippen LogP contribution in [0.5, 0.6) is 11.5 Å². The number of amides is 1. The largest absolute Gasteiger partial charge is 0.497 e. The van der Waals surface area contributed by atoms with Gasteiger partial charge in [-0.25, -0.2) is 4.98 Å². The summed E-state index contributed by atoms with van der Waals surface area (Å²) >= 11 is 0. The SMILES string of the molecule is C=CCc1ccccc1OCCn1c(C2CC(=O)N(c3cccc(OC)c3)C2)nc2ccccc21. The van der Waals surface area contributed by atoms with E-state index in [-0.39, 0.29) is 11.8 Å². The maximum Gasteiger partial charge on any atom is 0.227 e. The quantitative estimate of drug-likeness (QED) is 0.311. The highest BCUT2D eigenvalue weighted by molar-refractivity contribution is 5.96. The number of allylic oxidation sites excluding steroid dienone is 1. The fourth-order valence-electron chi connectivity index (χ4n) is 4.76. The van der Waals surface area contributed by atoms with E-state index in [1.54, 1.807) is 7.11 Å². The van der Waals surface area contributed by atoms with Crippen molar-refractivity contribution in [2.24, 2.45) is 0 Å². The van der Waals surface area contributed by atoms with Crippen molar-refractivity contribution in [3.8, 4) is 11.5 Å². The van der Waals surface area contributed by atoms with Crippen LogP contribution in [0.15, 0.2) is 85.5 Å². The summed E-state index contributed by atoms with van der Waals surface area (Å²) in [5.41, 5.74) is 3.95. The average molecular weight is 468 g/mol. The van der Waals surface area contributed by atoms with E-state index in [1.807, 2.05) is 71.6 Å². The van der Waals surface area contributed by atoms with Crippen molar-refractivity contribution in [2.45, 2.75) is 25.3 Å². The van der Waals surface area contributed by atoms with Crippen LogP contribution in [0, 0.1) is 0 Å². The number of rotatable bonds is 9. The summed E-state index contributed by atoms with van der Waals surface area (Å²) < 4.78 is 13.7. The summed E-state index contributed by atoms with van der Waals surface area (Å²) in [5.74, 6) is 2.62. The molecule has 0 spiro atoms. The lowest BCUT2D eigenvalue weighted by Crippen LogP contribution is -2.24. The molecular weight excluding hydrogens is 438 g/mol. The minimum atomic E-state index is -0.00541. The molecule has 0 radical (unpaired) electrons. The zero-order valence-corrected chi connectivity index (χ0v) is 19.9. The van der Waals surface area contributed by atoms with Gasteiger partial charge in [0.1, 0.15) is 23.9 Å². The van der Waals surface area contributed by atoms with E-state index >= 15 is 0 Å². The second-order valence-electron chi connectivity index (χ2n) is 8.67. The van der Waals surface area contributed by atoms with Gasteiger partial charge in [0.15, 0.2) is 0 Å². The molecule has 0 aliphatic carbocycles. The second kappa shape index (κ2) is 10.1. The molecule has 2 heterocycles. The van der Waals surface area contributed by atoms with Gasteiger partial charge in [0.25, 0.3) is 0 Å². The van der Waals surface area contributed by atoms with Gasteiger partial charge in [-0.05, 0) is 42.3 Å². The van der Waals surface area contributed by atoms with Crippen LogP contribution in [0.2, 0.25) is 0 Å². The Hall–Kier alpha value is -4.06. The fraction of sp³-hybridized carbons (Fsp3) is 0.241. The number of hydrogen-bond acceptors (Lipinski definition) is 4. The number of ether oxygens (including phenoxy) is 2. The molecule has 6 nitrogen and oxygen atoms in total. The van der Waals surface area contributed by atoms with Crippen LogP contribution < -0.4 is 14.4 Å². The Morgan fingerprint density at radius 2 is 1.91 bits per heavy atom. The van der Waals surface area contributed by atoms with Gasteiger partial charge in [-0.2, -0.15) is 0 Å². The van der Waals surface area contributed by atoms with Crippen LogP contribution in [0.3, 0.4) is 0 Å². The number of para-hydroxylation sites is 3. The maximum atomic E-state index is 13.0. The number of methoxy groups -OCH3 is 1. The van der Waals surface area contributed by atoms with E-state index in [4.69, 9.17) is 14.5 Å². The highest BCUT2D eigenvalue weighted by Crippen LogP contribution is 2.34. The minimum Gasteiger partial charge on any atom is -0.497 e. The Morgan fingerprint density at radius 1 is 1.09 bits per heavy atom. The first-order valence-corrected chi connectivity index (χ1v) is 11.9. The van der Waals surface area contributed by atoms with Gasteiger partial charge in [0.05, 0.1) is 24.7 Å². The van der Waals surface area contributed by atoms with Gasteiger partial charge in [0, 0.05) is 30.6 Å². The molecule has 0 N–H and O–H groups in total. The summed E-state index contributed by atoms with van der Waals surface area (Å²) in [6.07, 6.45) is 3.07. The third-order valence-electron chi connectivity index (χ3n) is 6.45. The second-order valence-corrected chi connectivity index (χ2v) is 8.67. The minimum absolute atomic E-state index is 0.00541. The van der Waals surface area contributed by atoms with Gasteiger partial charge in [0.2, 0.25) is 5.91 Å². The lowest BCUT2D eigenvalue weighted by molar-refractivity contribution is -0.117. The lowest BCUT2D eigenvalue weighted by atomic mass is 10.1. The molecule has 0 bridgehead atoms. The molecule has 3 aromatic carbocycles. The van der Waals surface area contributed by atoms with Crippen LogP contribution in [-0.2, 0) is 17.8 Å². The van der Waals surface area contributed by atoms with E-state index in [0.29, 0.717) is 26.1 Å². The monoisotopic (exact) mass is 467 g/mol. The summed E-state index contributed by atoms with van der Waals surface area (Å²) in [4.78, 5) is 19.8. The first kappa shape index (κ1) is 22.7. The molecule has 6 heteroatoms. The van der Waals surface area contributed by atoms with Gasteiger partial charge in [-0.15, -0.1) is 6.58 Å². The molecule has 4 aromatic rings. The third kappa shape index (κ3) is 4.64. The van der Waals surface area contributed by atoms with Crippen LogP contribution >= 0.6 is 0 Å². The van der Waals surface area contributed by atoms with Gasteiger partial charge in [-0.3, -0.25) is 4.79 Å². The molecule has 178 valence electrons. The first-order valence-electron chi connectivity index (χ1n) is 11.9. The normalized spacial score (nSPS) is 15.5. The van der Waals surface area contributed by atoms with E-state index < -0.39 is 0 Å². The lowest BCUT2D eigenvalue weighted by Gasteiger charge is -2.18. The Balaban J connectivity index is 1.39. The molecule has 0 saturated carbocycles. The molecule has 1 unspecified atom stereocenters. The van der Waals surface area contributed by atoms with E-state index in [1.165, 1.54) is 0 Å². The smallest absolute Gasteiger partial charge is 0.227 e. The van der Waals surface area contributed by atoms with Crippen LogP contribution in [0.25, 0.3) is 11.0 Å². The van der Waals surface area contributed by atoms with E-state index in [9.17, 15) is 4.79 Å². The Labute approximate surface area is 205 Å². The highest BCUT2D eigenvalue weighted by atomic mass is 16.5. The van der Waals surface area contributed by atoms with E-state index in [2.05, 4.69) is 23.3 Å². The number of benzene rings is 3. The first-order chi connectivity index (χ1) is 17.2. The Kier molecular flexibility index (Phi) is 6.53. The predicted molar refractivity (Wildman–Crippen MR) is 138 cm³/mol. The molecule has 1 fully saturated rings. The molecule has 1 aliphatic rings. The van der Waals surface area contributed by atoms with Crippen molar-refractivity contribution in [3.05, 3.63) is 96.8 Å². The van der Waals surface area contributed by atoms with Gasteiger partial charge < -0.3 is 18.9 Å². The molecule has 35 heavy (non-hydrogen) atoms. The zero-order chi connectivity index (χ0) is 24.2. The molecular formula is C29H29N3O3. The molecule has 1 aromatic heterocycles. The average Bonchev–Trinajstić information content (AvgIpc) is 3.46. The standard InChI is InChI=1S/C29H29N3O3/c1-3-9-21-10-4-7-15-27(21)35-17-16-31-26-14-6-5-13-25(26)30-29(31)22-18-28(33)32(20-22)23-11-8-12-24(19-23)34-2/h3-8,10-15,19,22H,1,9,16-18,20H2,2H3. The number of hydrogen-bond donors (Lipinski definition) is 0. The van der Waals surface area contributed by atoms with Crippen LogP contribution in [0.1, 0.15) is 23.7 Å². The van der Waals surface area contributed by atoms with Crippen molar-refractivity contribution in [1.29, 1.82) is 0 Å². The number of fused-ring (bicyclic) bond motifs is 1. The predicted octanol–water partition coefficient (Wildman–Crippen LogP) is 5.37. The van der Waals surface area contributed by atoms with Crippen LogP contribution in [-0.4, -0.2) is 35.7 Å². The Morgan fingerprint density at radius 3 is 2.77 bits per heavy atom. The van der Waals surface area contributed by atoms with Gasteiger partial charge in [-0.1, -0.05) is 42.5 Å². The van der Waals surface area contributed by atoms with Crippen molar-refractivity contribution in [3.63, 3.8) is 0 Å². The molecule has 5 rings (SSSR count). The summed E-state index contributed by atoms with van der Waals surface area (Å²) in [5, 5.41) is 0. The summed E-state index contributed by atoms with van der Waals surface area (Å²) in [6.45, 7) is 5.57. The number of imidazole rings is 1. The highest BCUT2D eigenvalue weighted by Gasteiger charge is 2.35. The molecule has 1 atom stereocenters. The Bertz CT molecular complexity index is 1360. The summed E-state index contributed by atoms with van der Waals surface area (Å²) in [6, 6.07) is 23.8. The molecule has 1 aliphatic heterocycles. The number of carbonyl (C=O) groups excluding carboxylic acids is 1. The maximum absolute atomic E-state index is 13.0. The number of nitrogens with zero attached hydrogens (tertiary/aromatic N) is 3. The van der Waals surface area contributed by atoms with Crippen molar-refractivity contribution in [1.82, 2.24) is 9.55 Å². The number of aromatic nitrogens is 2. The molecule has 1 amide bonds. The topological polar surface area (TPSA) is 56.6 Å². The van der Waals surface area contributed by atoms with Crippen molar-refractivity contribution < 1.29 is 14.3 Å². The fourth-order valence-corrected chi connectivity index (χ4v) is 4.76. The third-order valence-corrected chi connectivity index (χ3v) is 6.45. The zero-order valence-electron chi connectivity index (χ0n) is 19.9. The number of anilines is 1. The van der Waals surface area contributed by atoms with Crippen LogP contribution in [0.4, 0.5) is 5.69 Å². The number of carbonyl (C=O) groups is 1.